The zero-order valence-corrected chi connectivity index (χ0v) is 13.3. The topological polar surface area (TPSA) is 38.5 Å². The second-order valence-electron chi connectivity index (χ2n) is 4.97. The first-order chi connectivity index (χ1) is 10.2. The number of aryl methyl sites for hydroxylation is 1. The van der Waals surface area contributed by atoms with Crippen molar-refractivity contribution in [2.24, 2.45) is 5.73 Å². The lowest BCUT2D eigenvalue weighted by molar-refractivity contribution is -0.127. The maximum absolute atomic E-state index is 6.04. The zero-order chi connectivity index (χ0) is 14.8. The highest BCUT2D eigenvalue weighted by atomic mass is 35.5. The summed E-state index contributed by atoms with van der Waals surface area (Å²) in [6, 6.07) is 12.2. The lowest BCUT2D eigenvalue weighted by Crippen LogP contribution is -2.22. The van der Waals surface area contributed by atoms with E-state index in [0.717, 1.165) is 17.0 Å². The Balaban J connectivity index is 1.81. The second-order valence-corrected chi connectivity index (χ2v) is 6.60. The molecule has 0 spiro atoms. The molecule has 1 aliphatic heterocycles. The lowest BCUT2D eigenvalue weighted by Gasteiger charge is -2.21. The molecule has 1 aromatic carbocycles. The highest BCUT2D eigenvalue weighted by Gasteiger charge is 2.28. The third-order valence-corrected chi connectivity index (χ3v) is 4.94. The largest absolute Gasteiger partial charge is 0.387 e. The third-order valence-electron chi connectivity index (χ3n) is 3.40. The Hall–Kier alpha value is -1.49. The molecule has 1 atom stereocenters. The van der Waals surface area contributed by atoms with E-state index in [9.17, 15) is 0 Å². The van der Waals surface area contributed by atoms with Crippen LogP contribution in [0.15, 0.2) is 48.4 Å². The standard InChI is InChI=1S/C16H17ClN2OS/c1-2-13-6-7-15(21-13)14-9-16(18)20-19(14)10-11-4-3-5-12(17)8-11/h3-9,14H,2,10,18H2,1H3. The molecule has 0 aliphatic carbocycles. The number of hydrogen-bond donors (Lipinski definition) is 1. The Kier molecular flexibility index (Phi) is 4.19. The molecule has 0 amide bonds. The molecule has 0 fully saturated rings. The van der Waals surface area contributed by atoms with Gasteiger partial charge in [-0.2, -0.15) is 0 Å². The average Bonchev–Trinajstić information content (AvgIpc) is 3.05. The maximum Gasteiger partial charge on any atom is 0.207 e. The first-order valence-electron chi connectivity index (χ1n) is 6.90. The monoisotopic (exact) mass is 320 g/mol. The summed E-state index contributed by atoms with van der Waals surface area (Å²) in [5, 5.41) is 2.63. The number of benzene rings is 1. The molecule has 1 aliphatic rings. The van der Waals surface area contributed by atoms with Gasteiger partial charge in [-0.05, 0) is 36.2 Å². The maximum atomic E-state index is 6.04. The van der Waals surface area contributed by atoms with E-state index < -0.39 is 0 Å². The summed E-state index contributed by atoms with van der Waals surface area (Å²) < 4.78 is 0. The van der Waals surface area contributed by atoms with Gasteiger partial charge in [0.05, 0.1) is 6.54 Å². The zero-order valence-electron chi connectivity index (χ0n) is 11.8. The number of thiophene rings is 1. The number of rotatable bonds is 4. The summed E-state index contributed by atoms with van der Waals surface area (Å²) in [5.74, 6) is 0.452. The van der Waals surface area contributed by atoms with Gasteiger partial charge in [-0.25, -0.2) is 0 Å². The molecular formula is C16H17ClN2OS. The van der Waals surface area contributed by atoms with Gasteiger partial charge in [0.25, 0.3) is 0 Å². The van der Waals surface area contributed by atoms with Gasteiger partial charge >= 0.3 is 0 Å². The molecule has 2 N–H and O–H groups in total. The molecule has 0 saturated carbocycles. The number of halogens is 1. The Morgan fingerprint density at radius 3 is 2.90 bits per heavy atom. The van der Waals surface area contributed by atoms with Crippen molar-refractivity contribution >= 4 is 22.9 Å². The fourth-order valence-corrected chi connectivity index (χ4v) is 3.61. The normalized spacial score (nSPS) is 18.6. The van der Waals surface area contributed by atoms with Crippen LogP contribution in [-0.2, 0) is 17.8 Å². The average molecular weight is 321 g/mol. The van der Waals surface area contributed by atoms with Crippen LogP contribution >= 0.6 is 22.9 Å². The van der Waals surface area contributed by atoms with Crippen LogP contribution in [-0.4, -0.2) is 5.06 Å². The van der Waals surface area contributed by atoms with Gasteiger partial charge in [-0.3, -0.25) is 0 Å². The Morgan fingerprint density at radius 2 is 2.19 bits per heavy atom. The van der Waals surface area contributed by atoms with Gasteiger partial charge in [0, 0.05) is 20.9 Å². The van der Waals surface area contributed by atoms with E-state index >= 15 is 0 Å². The van der Waals surface area contributed by atoms with E-state index in [1.807, 2.05) is 35.4 Å². The van der Waals surface area contributed by atoms with Crippen molar-refractivity contribution in [3.8, 4) is 0 Å². The smallest absolute Gasteiger partial charge is 0.207 e. The van der Waals surface area contributed by atoms with Crippen LogP contribution in [0.25, 0.3) is 0 Å². The van der Waals surface area contributed by atoms with Gasteiger partial charge in [-0.1, -0.05) is 30.7 Å². The van der Waals surface area contributed by atoms with E-state index in [-0.39, 0.29) is 6.04 Å². The van der Waals surface area contributed by atoms with Crippen LogP contribution in [0.4, 0.5) is 0 Å². The fraction of sp³-hybridized carbons (Fsp3) is 0.250. The molecule has 5 heteroatoms. The highest BCUT2D eigenvalue weighted by Crippen LogP contribution is 2.35. The summed E-state index contributed by atoms with van der Waals surface area (Å²) in [4.78, 5) is 8.26. The van der Waals surface area contributed by atoms with Gasteiger partial charge in [-0.15, -0.1) is 16.4 Å². The van der Waals surface area contributed by atoms with Crippen LogP contribution in [0.1, 0.15) is 28.3 Å². The van der Waals surface area contributed by atoms with Crippen molar-refractivity contribution < 1.29 is 4.84 Å². The van der Waals surface area contributed by atoms with Gasteiger partial charge in [0.15, 0.2) is 0 Å². The molecular weight excluding hydrogens is 304 g/mol. The van der Waals surface area contributed by atoms with E-state index in [1.54, 1.807) is 11.3 Å². The third kappa shape index (κ3) is 3.23. The summed E-state index contributed by atoms with van der Waals surface area (Å²) in [5.41, 5.74) is 6.95. The van der Waals surface area contributed by atoms with Crippen LogP contribution in [0, 0.1) is 0 Å². The SMILES string of the molecule is CCc1ccc(C2C=C(N)ON2Cc2cccc(Cl)c2)s1. The minimum Gasteiger partial charge on any atom is -0.387 e. The number of nitrogens with zero attached hydrogens (tertiary/aromatic N) is 1. The molecule has 0 radical (unpaired) electrons. The van der Waals surface area contributed by atoms with Crippen LogP contribution in [0.3, 0.4) is 0 Å². The summed E-state index contributed by atoms with van der Waals surface area (Å²) in [7, 11) is 0. The second kappa shape index (κ2) is 6.10. The van der Waals surface area contributed by atoms with E-state index in [1.165, 1.54) is 9.75 Å². The van der Waals surface area contributed by atoms with Crippen molar-refractivity contribution in [1.29, 1.82) is 0 Å². The molecule has 0 saturated heterocycles. The first-order valence-corrected chi connectivity index (χ1v) is 8.10. The minimum absolute atomic E-state index is 0.0641. The minimum atomic E-state index is 0.0641. The fourth-order valence-electron chi connectivity index (χ4n) is 2.37. The highest BCUT2D eigenvalue weighted by molar-refractivity contribution is 7.12. The van der Waals surface area contributed by atoms with Crippen molar-refractivity contribution in [2.75, 3.05) is 0 Å². The quantitative estimate of drug-likeness (QED) is 0.915. The molecule has 0 bridgehead atoms. The number of nitrogens with two attached hydrogens (primary N) is 1. The predicted molar refractivity (Wildman–Crippen MR) is 86.8 cm³/mol. The van der Waals surface area contributed by atoms with E-state index in [2.05, 4.69) is 19.1 Å². The van der Waals surface area contributed by atoms with Crippen LogP contribution < -0.4 is 5.73 Å². The lowest BCUT2D eigenvalue weighted by atomic mass is 10.2. The number of hydrogen-bond acceptors (Lipinski definition) is 4. The van der Waals surface area contributed by atoms with Crippen molar-refractivity contribution in [3.63, 3.8) is 0 Å². The summed E-state index contributed by atoms with van der Waals surface area (Å²) in [6.07, 6.45) is 3.00. The molecule has 3 nitrogen and oxygen atoms in total. The van der Waals surface area contributed by atoms with Gasteiger partial charge < -0.3 is 10.6 Å². The Bertz CT molecular complexity index is 668. The van der Waals surface area contributed by atoms with Gasteiger partial charge in [0.1, 0.15) is 6.04 Å². The number of hydroxylamine groups is 2. The first kappa shape index (κ1) is 14.4. The van der Waals surface area contributed by atoms with Crippen LogP contribution in [0.2, 0.25) is 5.02 Å². The molecule has 1 unspecified atom stereocenters. The Labute approximate surface area is 133 Å². The summed E-state index contributed by atoms with van der Waals surface area (Å²) >= 11 is 7.84. The van der Waals surface area contributed by atoms with Crippen molar-refractivity contribution in [3.05, 3.63) is 68.7 Å². The molecule has 3 rings (SSSR count). The molecule has 2 aromatic rings. The van der Waals surface area contributed by atoms with E-state index in [4.69, 9.17) is 22.2 Å². The molecule has 21 heavy (non-hydrogen) atoms. The summed E-state index contributed by atoms with van der Waals surface area (Å²) in [6.45, 7) is 2.80. The molecule has 2 heterocycles. The van der Waals surface area contributed by atoms with Gasteiger partial charge in [0.2, 0.25) is 5.88 Å². The molecule has 1 aromatic heterocycles. The van der Waals surface area contributed by atoms with Crippen molar-refractivity contribution in [2.45, 2.75) is 25.9 Å². The van der Waals surface area contributed by atoms with Crippen molar-refractivity contribution in [1.82, 2.24) is 5.06 Å². The van der Waals surface area contributed by atoms with Crippen LogP contribution in [0.5, 0.6) is 0 Å². The Morgan fingerprint density at radius 1 is 1.33 bits per heavy atom. The predicted octanol–water partition coefficient (Wildman–Crippen LogP) is 4.25. The molecule has 110 valence electrons. The van der Waals surface area contributed by atoms with E-state index in [0.29, 0.717) is 12.4 Å².